The highest BCUT2D eigenvalue weighted by Gasteiger charge is 2.23. The van der Waals surface area contributed by atoms with E-state index >= 15 is 0 Å². The van der Waals surface area contributed by atoms with Gasteiger partial charge in [-0.1, -0.05) is 23.7 Å². The van der Waals surface area contributed by atoms with Crippen molar-refractivity contribution >= 4 is 23.5 Å². The van der Waals surface area contributed by atoms with E-state index in [0.29, 0.717) is 11.4 Å². The largest absolute Gasteiger partial charge is 0.466 e. The van der Waals surface area contributed by atoms with Gasteiger partial charge in [0.15, 0.2) is 0 Å². The van der Waals surface area contributed by atoms with Gasteiger partial charge in [0.2, 0.25) is 5.91 Å². The van der Waals surface area contributed by atoms with Crippen molar-refractivity contribution < 1.29 is 19.4 Å². The summed E-state index contributed by atoms with van der Waals surface area (Å²) in [5.41, 5.74) is 0.904. The van der Waals surface area contributed by atoms with Crippen molar-refractivity contribution in [2.24, 2.45) is 0 Å². The highest BCUT2D eigenvalue weighted by atomic mass is 35.5. The molecule has 0 bridgehead atoms. The van der Waals surface area contributed by atoms with Gasteiger partial charge < -0.3 is 15.2 Å². The number of carbonyl (C=O) groups excluding carboxylic acids is 2. The fourth-order valence-electron chi connectivity index (χ4n) is 1.95. The maximum absolute atomic E-state index is 11.4. The molecule has 5 nitrogen and oxygen atoms in total. The molecule has 0 aromatic heterocycles. The molecule has 1 aromatic carbocycles. The fourth-order valence-corrected chi connectivity index (χ4v) is 2.08. The third kappa shape index (κ3) is 6.60. The summed E-state index contributed by atoms with van der Waals surface area (Å²) in [4.78, 5) is 22.7. The lowest BCUT2D eigenvalue weighted by atomic mass is 9.99. The number of benzene rings is 1. The van der Waals surface area contributed by atoms with Gasteiger partial charge in [-0.2, -0.15) is 0 Å². The standard InChI is InChI=1S/C15H20ClNO4/c1-3-21-15(20)9-14(19)13(17-10(2)18)8-11-4-6-12(16)7-5-11/h4-7,13-14,19H,3,8-9H2,1-2H3,(H,17,18)/t13-,14-/m1/s1. The maximum atomic E-state index is 11.4. The first-order chi connectivity index (χ1) is 9.92. The Kier molecular flexibility index (Phi) is 7.19. The quantitative estimate of drug-likeness (QED) is 0.751. The molecule has 0 aliphatic rings. The number of rotatable bonds is 7. The predicted octanol–water partition coefficient (Wildman–Crippen LogP) is 1.70. The summed E-state index contributed by atoms with van der Waals surface area (Å²) in [7, 11) is 0. The second-order valence-corrected chi connectivity index (χ2v) is 5.15. The molecule has 6 heteroatoms. The van der Waals surface area contributed by atoms with Gasteiger partial charge in [-0.25, -0.2) is 0 Å². The van der Waals surface area contributed by atoms with Gasteiger partial charge in [-0.3, -0.25) is 9.59 Å². The molecule has 0 spiro atoms. The van der Waals surface area contributed by atoms with Crippen LogP contribution in [0.2, 0.25) is 5.02 Å². The van der Waals surface area contributed by atoms with Crippen LogP contribution in [0.25, 0.3) is 0 Å². The number of hydrogen-bond acceptors (Lipinski definition) is 4. The number of halogens is 1. The number of nitrogens with one attached hydrogen (secondary N) is 1. The highest BCUT2D eigenvalue weighted by Crippen LogP contribution is 2.13. The first-order valence-electron chi connectivity index (χ1n) is 6.77. The number of ether oxygens (including phenoxy) is 1. The van der Waals surface area contributed by atoms with Crippen molar-refractivity contribution in [3.63, 3.8) is 0 Å². The van der Waals surface area contributed by atoms with Gasteiger partial charge in [0.05, 0.1) is 25.2 Å². The lowest BCUT2D eigenvalue weighted by Gasteiger charge is -2.23. The van der Waals surface area contributed by atoms with Gasteiger partial charge >= 0.3 is 5.97 Å². The summed E-state index contributed by atoms with van der Waals surface area (Å²) in [6.45, 7) is 3.32. The minimum absolute atomic E-state index is 0.160. The fraction of sp³-hybridized carbons (Fsp3) is 0.467. The Morgan fingerprint density at radius 1 is 1.33 bits per heavy atom. The second-order valence-electron chi connectivity index (χ2n) is 4.71. The molecule has 0 heterocycles. The van der Waals surface area contributed by atoms with Gasteiger partial charge in [0.1, 0.15) is 0 Å². The van der Waals surface area contributed by atoms with E-state index in [4.69, 9.17) is 16.3 Å². The smallest absolute Gasteiger partial charge is 0.308 e. The topological polar surface area (TPSA) is 75.6 Å². The minimum Gasteiger partial charge on any atom is -0.466 e. The van der Waals surface area contributed by atoms with Crippen molar-refractivity contribution in [1.29, 1.82) is 0 Å². The van der Waals surface area contributed by atoms with Crippen LogP contribution >= 0.6 is 11.6 Å². The van der Waals surface area contributed by atoms with E-state index in [2.05, 4.69) is 5.32 Å². The molecule has 1 rings (SSSR count). The van der Waals surface area contributed by atoms with Crippen LogP contribution < -0.4 is 5.32 Å². The summed E-state index contributed by atoms with van der Waals surface area (Å²) in [5.74, 6) is -0.756. The summed E-state index contributed by atoms with van der Waals surface area (Å²) in [6.07, 6.45) is -0.771. The third-order valence-corrected chi connectivity index (χ3v) is 3.16. The normalized spacial score (nSPS) is 13.3. The molecule has 2 N–H and O–H groups in total. The summed E-state index contributed by atoms with van der Waals surface area (Å²) in [5, 5.41) is 13.4. The molecule has 1 aromatic rings. The molecule has 2 atom stereocenters. The predicted molar refractivity (Wildman–Crippen MR) is 80.0 cm³/mol. The monoisotopic (exact) mass is 313 g/mol. The van der Waals surface area contributed by atoms with Crippen LogP contribution in [0, 0.1) is 0 Å². The van der Waals surface area contributed by atoms with Crippen LogP contribution in [0.1, 0.15) is 25.8 Å². The number of aliphatic hydroxyl groups excluding tert-OH is 1. The van der Waals surface area contributed by atoms with Crippen LogP contribution in [0.15, 0.2) is 24.3 Å². The van der Waals surface area contributed by atoms with Gasteiger partial charge in [-0.15, -0.1) is 0 Å². The van der Waals surface area contributed by atoms with E-state index < -0.39 is 18.1 Å². The van der Waals surface area contributed by atoms with Crippen LogP contribution in [-0.2, 0) is 20.7 Å². The summed E-state index contributed by atoms with van der Waals surface area (Å²) >= 11 is 5.82. The van der Waals surface area contributed by atoms with E-state index in [9.17, 15) is 14.7 Å². The third-order valence-electron chi connectivity index (χ3n) is 2.90. The molecule has 116 valence electrons. The Morgan fingerprint density at radius 2 is 1.95 bits per heavy atom. The summed E-state index contributed by atoms with van der Waals surface area (Å²) < 4.78 is 4.80. The van der Waals surface area contributed by atoms with E-state index in [1.165, 1.54) is 6.92 Å². The van der Waals surface area contributed by atoms with E-state index in [0.717, 1.165) is 5.56 Å². The van der Waals surface area contributed by atoms with Gasteiger partial charge in [0, 0.05) is 11.9 Å². The number of aliphatic hydroxyl groups is 1. The van der Waals surface area contributed by atoms with E-state index in [-0.39, 0.29) is 18.9 Å². The molecule has 0 unspecified atom stereocenters. The number of esters is 1. The molecule has 0 saturated carbocycles. The first-order valence-corrected chi connectivity index (χ1v) is 7.15. The zero-order chi connectivity index (χ0) is 15.8. The van der Waals surface area contributed by atoms with Crippen molar-refractivity contribution in [3.8, 4) is 0 Å². The molecule has 0 saturated heterocycles. The Balaban J connectivity index is 2.72. The van der Waals surface area contributed by atoms with Crippen LogP contribution in [0.5, 0.6) is 0 Å². The zero-order valence-electron chi connectivity index (χ0n) is 12.1. The SMILES string of the molecule is CCOC(=O)C[C@@H](O)[C@@H](Cc1ccc(Cl)cc1)NC(C)=O. The molecule has 0 aliphatic heterocycles. The summed E-state index contributed by atoms with van der Waals surface area (Å²) in [6, 6.07) is 6.54. The first kappa shape index (κ1) is 17.5. The van der Waals surface area contributed by atoms with Crippen LogP contribution in [0.4, 0.5) is 0 Å². The molecule has 0 radical (unpaired) electrons. The molecular weight excluding hydrogens is 294 g/mol. The van der Waals surface area contributed by atoms with E-state index in [1.807, 2.05) is 12.1 Å². The van der Waals surface area contributed by atoms with Crippen molar-refractivity contribution in [2.75, 3.05) is 6.61 Å². The lowest BCUT2D eigenvalue weighted by molar-refractivity contribution is -0.146. The van der Waals surface area contributed by atoms with Crippen LogP contribution in [-0.4, -0.2) is 35.7 Å². The van der Waals surface area contributed by atoms with Crippen LogP contribution in [0.3, 0.4) is 0 Å². The average Bonchev–Trinajstić information content (AvgIpc) is 2.40. The zero-order valence-corrected chi connectivity index (χ0v) is 12.9. The Labute approximate surface area is 129 Å². The average molecular weight is 314 g/mol. The van der Waals surface area contributed by atoms with Gasteiger partial charge in [0.25, 0.3) is 0 Å². The maximum Gasteiger partial charge on any atom is 0.308 e. The molecule has 0 aliphatic carbocycles. The van der Waals surface area contributed by atoms with E-state index in [1.54, 1.807) is 19.1 Å². The van der Waals surface area contributed by atoms with Gasteiger partial charge in [-0.05, 0) is 31.0 Å². The number of hydrogen-bond donors (Lipinski definition) is 2. The number of amides is 1. The highest BCUT2D eigenvalue weighted by molar-refractivity contribution is 6.30. The molecule has 0 fully saturated rings. The van der Waals surface area contributed by atoms with Crippen molar-refractivity contribution in [2.45, 2.75) is 38.8 Å². The second kappa shape index (κ2) is 8.64. The Bertz CT molecular complexity index is 475. The van der Waals surface area contributed by atoms with Crippen molar-refractivity contribution in [3.05, 3.63) is 34.9 Å². The number of carbonyl (C=O) groups is 2. The Hall–Kier alpha value is -1.59. The molecule has 1 amide bonds. The minimum atomic E-state index is -1.01. The Morgan fingerprint density at radius 3 is 2.48 bits per heavy atom. The lowest BCUT2D eigenvalue weighted by Crippen LogP contribution is -2.45. The molecule has 21 heavy (non-hydrogen) atoms. The van der Waals surface area contributed by atoms with Crippen molar-refractivity contribution in [1.82, 2.24) is 5.32 Å². The molecular formula is C15H20ClNO4.